The van der Waals surface area contributed by atoms with Crippen molar-refractivity contribution in [2.45, 2.75) is 6.92 Å². The van der Waals surface area contributed by atoms with Gasteiger partial charge in [-0.15, -0.1) is 0 Å². The first-order valence-corrected chi connectivity index (χ1v) is 10.9. The van der Waals surface area contributed by atoms with Crippen molar-refractivity contribution in [3.05, 3.63) is 72.8 Å². The van der Waals surface area contributed by atoms with Crippen LogP contribution in [-0.2, 0) is 9.53 Å². The number of thiazole rings is 1. The van der Waals surface area contributed by atoms with Gasteiger partial charge < -0.3 is 14.8 Å². The molecule has 0 saturated carbocycles. The zero-order valence-electron chi connectivity index (χ0n) is 17.3. The molecule has 3 aromatic carbocycles. The molecule has 8 heteroatoms. The molecule has 0 spiro atoms. The lowest BCUT2D eigenvalue weighted by atomic mass is 10.1. The Kier molecular flexibility index (Phi) is 6.62. The molecule has 7 nitrogen and oxygen atoms in total. The smallest absolute Gasteiger partial charge is 0.413 e. The van der Waals surface area contributed by atoms with Crippen molar-refractivity contribution in [2.75, 3.05) is 23.8 Å². The molecule has 2 amide bonds. The van der Waals surface area contributed by atoms with E-state index in [0.29, 0.717) is 21.6 Å². The number of hydrogen-bond acceptors (Lipinski definition) is 6. The molecule has 1 heterocycles. The van der Waals surface area contributed by atoms with Gasteiger partial charge in [0.2, 0.25) is 0 Å². The number of ether oxygens (including phenoxy) is 2. The summed E-state index contributed by atoms with van der Waals surface area (Å²) in [6.45, 7) is 1.81. The fourth-order valence-corrected chi connectivity index (χ4v) is 3.96. The molecule has 0 saturated heterocycles. The molecule has 0 aliphatic rings. The summed E-state index contributed by atoms with van der Waals surface area (Å²) in [4.78, 5) is 28.8. The highest BCUT2D eigenvalue weighted by Gasteiger charge is 2.17. The van der Waals surface area contributed by atoms with Crippen molar-refractivity contribution in [1.29, 1.82) is 0 Å². The van der Waals surface area contributed by atoms with E-state index >= 15 is 0 Å². The Bertz CT molecular complexity index is 1240. The SMILES string of the molecule is CCOC(=O)Nc1nc(-c2ccccc2)c(NC(=O)COc2ccc3ccccc3c2)s1. The first-order chi connectivity index (χ1) is 15.6. The van der Waals surface area contributed by atoms with Crippen molar-refractivity contribution in [2.24, 2.45) is 0 Å². The summed E-state index contributed by atoms with van der Waals surface area (Å²) in [5, 5.41) is 8.40. The highest BCUT2D eigenvalue weighted by Crippen LogP contribution is 2.36. The molecule has 0 unspecified atom stereocenters. The minimum Gasteiger partial charge on any atom is -0.484 e. The molecular weight excluding hydrogens is 426 g/mol. The van der Waals surface area contributed by atoms with E-state index in [4.69, 9.17) is 9.47 Å². The monoisotopic (exact) mass is 447 g/mol. The number of nitrogens with one attached hydrogen (secondary N) is 2. The molecule has 4 rings (SSSR count). The highest BCUT2D eigenvalue weighted by atomic mass is 32.1. The molecule has 162 valence electrons. The molecule has 0 radical (unpaired) electrons. The van der Waals surface area contributed by atoms with Gasteiger partial charge in [0.05, 0.1) is 6.61 Å². The van der Waals surface area contributed by atoms with Gasteiger partial charge in [0.15, 0.2) is 11.7 Å². The number of nitrogens with zero attached hydrogens (tertiary/aromatic N) is 1. The summed E-state index contributed by atoms with van der Waals surface area (Å²) < 4.78 is 10.6. The molecule has 0 aliphatic heterocycles. The van der Waals surface area contributed by atoms with Crippen LogP contribution in [0.25, 0.3) is 22.0 Å². The van der Waals surface area contributed by atoms with E-state index < -0.39 is 6.09 Å². The lowest BCUT2D eigenvalue weighted by Gasteiger charge is -2.08. The van der Waals surface area contributed by atoms with Crippen molar-refractivity contribution >= 4 is 44.2 Å². The van der Waals surface area contributed by atoms with Crippen molar-refractivity contribution in [1.82, 2.24) is 4.98 Å². The van der Waals surface area contributed by atoms with Gasteiger partial charge in [-0.1, -0.05) is 72.0 Å². The highest BCUT2D eigenvalue weighted by molar-refractivity contribution is 7.20. The van der Waals surface area contributed by atoms with Crippen LogP contribution >= 0.6 is 11.3 Å². The zero-order valence-corrected chi connectivity index (χ0v) is 18.1. The number of rotatable bonds is 7. The average molecular weight is 448 g/mol. The van der Waals surface area contributed by atoms with Gasteiger partial charge in [-0.2, -0.15) is 0 Å². The number of carbonyl (C=O) groups excluding carboxylic acids is 2. The third-order valence-corrected chi connectivity index (χ3v) is 5.39. The van der Waals surface area contributed by atoms with E-state index in [9.17, 15) is 9.59 Å². The molecule has 4 aromatic rings. The minimum absolute atomic E-state index is 0.162. The Morgan fingerprint density at radius 1 is 0.938 bits per heavy atom. The maximum absolute atomic E-state index is 12.6. The Hall–Kier alpha value is -3.91. The third kappa shape index (κ3) is 5.22. The predicted molar refractivity (Wildman–Crippen MR) is 126 cm³/mol. The van der Waals surface area contributed by atoms with Crippen LogP contribution in [0.1, 0.15) is 6.92 Å². The molecule has 32 heavy (non-hydrogen) atoms. The standard InChI is InChI=1S/C24H21N3O4S/c1-2-30-24(29)27-23-26-21(17-9-4-3-5-10-17)22(32-23)25-20(28)15-31-19-13-12-16-8-6-7-11-18(16)14-19/h3-14H,2,15H2,1H3,(H,25,28)(H,26,27,29). The fourth-order valence-electron chi connectivity index (χ4n) is 3.07. The second-order valence-corrected chi connectivity index (χ2v) is 7.75. The molecule has 0 aliphatic carbocycles. The van der Waals surface area contributed by atoms with Gasteiger partial charge in [0.1, 0.15) is 16.4 Å². The van der Waals surface area contributed by atoms with Crippen LogP contribution < -0.4 is 15.4 Å². The van der Waals surface area contributed by atoms with E-state index in [1.54, 1.807) is 6.92 Å². The lowest BCUT2D eigenvalue weighted by molar-refractivity contribution is -0.118. The van der Waals surface area contributed by atoms with Crippen LogP contribution in [0.3, 0.4) is 0 Å². The summed E-state index contributed by atoms with van der Waals surface area (Å²) in [6.07, 6.45) is -0.599. The number of anilines is 2. The van der Waals surface area contributed by atoms with E-state index in [2.05, 4.69) is 15.6 Å². The Balaban J connectivity index is 1.48. The van der Waals surface area contributed by atoms with Crippen molar-refractivity contribution < 1.29 is 19.1 Å². The molecule has 0 bridgehead atoms. The lowest BCUT2D eigenvalue weighted by Crippen LogP contribution is -2.19. The van der Waals surface area contributed by atoms with Crippen LogP contribution in [0.15, 0.2) is 72.8 Å². The fraction of sp³-hybridized carbons (Fsp3) is 0.125. The summed E-state index contributed by atoms with van der Waals surface area (Å²) in [6, 6.07) is 23.0. The van der Waals surface area contributed by atoms with Gasteiger partial charge in [0.25, 0.3) is 5.91 Å². The maximum atomic E-state index is 12.6. The molecule has 0 atom stereocenters. The van der Waals surface area contributed by atoms with Gasteiger partial charge in [-0.05, 0) is 29.8 Å². The average Bonchev–Trinajstić information content (AvgIpc) is 3.20. The van der Waals surface area contributed by atoms with Gasteiger partial charge in [-0.3, -0.25) is 10.1 Å². The second-order valence-electron chi connectivity index (χ2n) is 6.75. The van der Waals surface area contributed by atoms with E-state index in [1.807, 2.05) is 72.8 Å². The van der Waals surface area contributed by atoms with Crippen LogP contribution in [0, 0.1) is 0 Å². The van der Waals surface area contributed by atoms with Gasteiger partial charge in [-0.25, -0.2) is 9.78 Å². The summed E-state index contributed by atoms with van der Waals surface area (Å²) in [5.41, 5.74) is 1.37. The van der Waals surface area contributed by atoms with Crippen molar-refractivity contribution in [3.63, 3.8) is 0 Å². The zero-order chi connectivity index (χ0) is 22.3. The maximum Gasteiger partial charge on any atom is 0.413 e. The van der Waals surface area contributed by atoms with Crippen LogP contribution in [0.4, 0.5) is 14.9 Å². The molecule has 0 fully saturated rings. The number of hydrogen-bond donors (Lipinski definition) is 2. The van der Waals surface area contributed by atoms with Crippen LogP contribution in [0.2, 0.25) is 0 Å². The van der Waals surface area contributed by atoms with E-state index in [1.165, 1.54) is 0 Å². The van der Waals surface area contributed by atoms with Crippen LogP contribution in [0.5, 0.6) is 5.75 Å². The summed E-state index contributed by atoms with van der Waals surface area (Å²) in [7, 11) is 0. The first-order valence-electron chi connectivity index (χ1n) is 10.0. The number of benzene rings is 3. The Labute approximate surface area is 189 Å². The summed E-state index contributed by atoms with van der Waals surface area (Å²) >= 11 is 1.15. The molecule has 2 N–H and O–H groups in total. The number of amides is 2. The Morgan fingerprint density at radius 3 is 2.47 bits per heavy atom. The van der Waals surface area contributed by atoms with Crippen LogP contribution in [-0.4, -0.2) is 30.2 Å². The minimum atomic E-state index is -0.599. The van der Waals surface area contributed by atoms with Gasteiger partial charge in [0, 0.05) is 5.56 Å². The quantitative estimate of drug-likeness (QED) is 0.388. The Morgan fingerprint density at radius 2 is 1.69 bits per heavy atom. The second kappa shape index (κ2) is 9.93. The van der Waals surface area contributed by atoms with Crippen molar-refractivity contribution in [3.8, 4) is 17.0 Å². The molecular formula is C24H21N3O4S. The number of carbonyl (C=O) groups is 2. The van der Waals surface area contributed by atoms with E-state index in [-0.39, 0.29) is 19.1 Å². The number of aromatic nitrogens is 1. The third-order valence-electron chi connectivity index (χ3n) is 4.50. The largest absolute Gasteiger partial charge is 0.484 e. The summed E-state index contributed by atoms with van der Waals surface area (Å²) in [5.74, 6) is 0.276. The first kappa shape index (κ1) is 21.3. The normalized spacial score (nSPS) is 10.5. The number of fused-ring (bicyclic) bond motifs is 1. The molecule has 1 aromatic heterocycles. The predicted octanol–water partition coefficient (Wildman–Crippen LogP) is 5.55. The topological polar surface area (TPSA) is 89.5 Å². The van der Waals surface area contributed by atoms with Gasteiger partial charge >= 0.3 is 6.09 Å². The van der Waals surface area contributed by atoms with E-state index in [0.717, 1.165) is 27.7 Å².